The largest absolute Gasteiger partial charge is 0.393 e. The average Bonchev–Trinajstić information content (AvgIpc) is 0.805. The van der Waals surface area contributed by atoms with Crippen molar-refractivity contribution in [3.63, 3.8) is 0 Å². The lowest BCUT2D eigenvalue weighted by Gasteiger charge is -2.28. The number of aliphatic hydroxyl groups excluding tert-OH is 3. The second-order valence-electron chi connectivity index (χ2n) is 36.7. The number of nitrogen functional groups attached to an aromatic ring is 4. The van der Waals surface area contributed by atoms with Gasteiger partial charge < -0.3 is 70.0 Å². The monoisotopic (exact) mass is 2400 g/mol. The van der Waals surface area contributed by atoms with Gasteiger partial charge in [0.25, 0.3) is 23.6 Å². The van der Waals surface area contributed by atoms with E-state index in [1.54, 1.807) is 49.8 Å². The molecule has 766 valence electrons. The third-order valence-corrected chi connectivity index (χ3v) is 28.7. The molecule has 4 aliphatic carbocycles. The fourth-order valence-electron chi connectivity index (χ4n) is 18.5. The van der Waals surface area contributed by atoms with Crippen molar-refractivity contribution in [2.45, 2.75) is 234 Å². The van der Waals surface area contributed by atoms with E-state index in [1.807, 2.05) is 113 Å². The smallest absolute Gasteiger partial charge is 0.254 e. The summed E-state index contributed by atoms with van der Waals surface area (Å²) in [5.41, 5.74) is 37.6. The number of hydrogen-bond donors (Lipinski definition) is 12. The Labute approximate surface area is 884 Å². The van der Waals surface area contributed by atoms with Gasteiger partial charge in [0.05, 0.1) is 118 Å². The van der Waals surface area contributed by atoms with Crippen LogP contribution in [0, 0.1) is 51.4 Å². The summed E-state index contributed by atoms with van der Waals surface area (Å²) in [4.78, 5) is 87.1. The molecule has 4 aliphatic rings. The number of benzene rings is 8. The molecule has 0 unspecified atom stereocenters. The van der Waals surface area contributed by atoms with Crippen LogP contribution < -0.4 is 49.9 Å². The number of nitrogens with two attached hydrogens (primary N) is 5. The molecule has 4 amide bonds. The Bertz CT molecular complexity index is 6320. The Balaban J connectivity index is 0.000000162. The Hall–Kier alpha value is -11.0. The number of rotatable bonds is 28. The molecule has 12 aromatic rings. The van der Waals surface area contributed by atoms with Gasteiger partial charge in [-0.05, 0) is 314 Å². The minimum Gasteiger partial charge on any atom is -0.393 e. The fraction of sp³-hybridized carbons (Fsp3) is 0.364. The van der Waals surface area contributed by atoms with Gasteiger partial charge in [-0.1, -0.05) is 92.4 Å². The van der Waals surface area contributed by atoms with E-state index >= 15 is 17.6 Å². The van der Waals surface area contributed by atoms with Crippen molar-refractivity contribution in [3.8, 4) is 45.0 Å². The Morgan fingerprint density at radius 2 is 0.690 bits per heavy atom. The van der Waals surface area contributed by atoms with Crippen molar-refractivity contribution in [3.05, 3.63) is 300 Å². The van der Waals surface area contributed by atoms with Gasteiger partial charge in [-0.25, -0.2) is 79.4 Å². The SMILES string of the molecule is CCC[C@@H](NC(=O)c1ccc(-c2nc(C3CCC(O)CC3)cnc2N)cc1F)c1cccc(Br)c1.CCC[C@@H](NC(=O)c1ccc(-c2nc([C@@H]3CC[C@@H](O)[C@H](F)C3)cnc2N)cc1F)c1cc(F)cc(I)c1.CCC[C@@H](NC(=O)c1ccc(-c2nc([C@H]3CC[C@H](O)[C@@H](F)C3)cnc2N)cc1F)c1cc(F)cc(I)c1.COC1CCC(c2cnc(N)c(-c3ccc(C(=O)N[C@H](CN)c4cc(F)cc(I)c4)c(F)c3)n2)CC1. The van der Waals surface area contributed by atoms with Crippen LogP contribution in [0.2, 0.25) is 0 Å². The minimum atomic E-state index is -1.34. The molecule has 38 heteroatoms. The summed E-state index contributed by atoms with van der Waals surface area (Å²) in [6, 6.07) is 36.1. The third-order valence-electron chi connectivity index (χ3n) is 26.4. The Morgan fingerprint density at radius 3 is 0.979 bits per heavy atom. The molecule has 8 aromatic carbocycles. The molecule has 0 bridgehead atoms. The second kappa shape index (κ2) is 52.1. The first kappa shape index (κ1) is 111. The minimum absolute atomic E-state index is 0.0240. The first-order chi connectivity index (χ1) is 69.4. The number of carbonyl (C=O) groups is 4. The van der Waals surface area contributed by atoms with E-state index in [4.69, 9.17) is 38.4 Å². The zero-order valence-electron chi connectivity index (χ0n) is 79.9. The highest BCUT2D eigenvalue weighted by Crippen LogP contribution is 2.42. The molecule has 4 fully saturated rings. The lowest BCUT2D eigenvalue weighted by Crippen LogP contribution is -2.34. The predicted octanol–water partition coefficient (Wildman–Crippen LogP) is 22.3. The van der Waals surface area contributed by atoms with Gasteiger partial charge in [-0.3, -0.25) is 19.2 Å². The van der Waals surface area contributed by atoms with E-state index in [9.17, 15) is 56.4 Å². The maximum Gasteiger partial charge on any atom is 0.254 e. The van der Waals surface area contributed by atoms with Crippen LogP contribution in [0.25, 0.3) is 45.0 Å². The number of aromatic nitrogens is 8. The molecule has 0 aliphatic heterocycles. The Kier molecular flexibility index (Phi) is 39.9. The van der Waals surface area contributed by atoms with Gasteiger partial charge in [-0.15, -0.1) is 0 Å². The first-order valence-corrected chi connectivity index (χ1v) is 52.1. The number of amides is 4. The van der Waals surface area contributed by atoms with Crippen molar-refractivity contribution in [1.82, 2.24) is 61.1 Å². The predicted molar refractivity (Wildman–Crippen MR) is 568 cm³/mol. The summed E-state index contributed by atoms with van der Waals surface area (Å²) in [6.07, 6.45) is 14.7. The standard InChI is InChI=1S/C27H30BrFN4O2.2C27H28F3IN4O2.C26H28F2IN5O2/c1-2-4-23(17-5-3-6-19(28)13-17)33-27(35)21-12-9-18(14-22(21)29)25-26(30)31-15-24(32-25)16-7-10-20(34)11-8-16;2*1-2-3-22(16-8-17(28)12-18(31)9-16)35-27(37)19-6-4-15(11-20(19)29)25-26(32)33-13-23(34-25)14-5-7-24(36)21(30)10-14;1-36-19-5-2-14(3-6-19)23-13-32-25(31)24(33-23)15-4-7-20(21(28)10-15)26(35)34-22(12-30)16-8-17(27)11-18(29)9-16/h3,5-6,9,12-16,20,23,34H,2,4,7-8,10-11H2,1H3,(H2,30,31)(H,33,35);2*4,6,8-9,11-14,21-22,24,36H,2-3,5,7,10H2,1H3,(H2,32,33)(H,35,37);4,7-11,13-14,19,22H,2-3,5-6,12,30H2,1H3,(H2,31,32)(H,34,35)/t16?,20?,23-;14-,21-,22+,24-;14-,21-,22-,24-;14?,19?,22-/m1011/s1. The number of hydrogen-bond acceptors (Lipinski definition) is 21. The van der Waals surface area contributed by atoms with Crippen LogP contribution in [-0.4, -0.2) is 129 Å². The number of carbonyl (C=O) groups excluding carboxylic acids is 4. The van der Waals surface area contributed by atoms with Crippen molar-refractivity contribution in [1.29, 1.82) is 0 Å². The quantitative estimate of drug-likeness (QED) is 0.0160. The van der Waals surface area contributed by atoms with Crippen molar-refractivity contribution in [2.75, 3.05) is 36.6 Å². The first-order valence-electron chi connectivity index (χ1n) is 48.1. The van der Waals surface area contributed by atoms with Gasteiger partial charge in [0.1, 0.15) is 99.1 Å². The number of alkyl halides is 2. The molecule has 25 nitrogen and oxygen atoms in total. The van der Waals surface area contributed by atoms with E-state index in [0.717, 1.165) is 98.5 Å². The van der Waals surface area contributed by atoms with Crippen LogP contribution in [-0.2, 0) is 4.74 Å². The van der Waals surface area contributed by atoms with Gasteiger partial charge in [0.2, 0.25) is 0 Å². The third kappa shape index (κ3) is 29.5. The molecule has 16 rings (SSSR count). The van der Waals surface area contributed by atoms with Crippen LogP contribution in [0.15, 0.2) is 181 Å². The van der Waals surface area contributed by atoms with Crippen LogP contribution in [0.3, 0.4) is 0 Å². The summed E-state index contributed by atoms with van der Waals surface area (Å²) in [7, 11) is 1.73. The summed E-state index contributed by atoms with van der Waals surface area (Å²) in [5, 5.41) is 40.4. The lowest BCUT2D eigenvalue weighted by atomic mass is 9.84. The number of methoxy groups -OCH3 is 1. The van der Waals surface area contributed by atoms with E-state index in [-0.39, 0.29) is 118 Å². The maximum absolute atomic E-state index is 15.1. The molecule has 4 aromatic heterocycles. The van der Waals surface area contributed by atoms with Crippen LogP contribution in [0.1, 0.15) is 283 Å². The van der Waals surface area contributed by atoms with E-state index in [2.05, 4.69) is 72.1 Å². The second-order valence-corrected chi connectivity index (χ2v) is 41.3. The molecule has 0 saturated heterocycles. The lowest BCUT2D eigenvalue weighted by molar-refractivity contribution is 0.0363. The van der Waals surface area contributed by atoms with Crippen LogP contribution >= 0.6 is 83.7 Å². The van der Waals surface area contributed by atoms with Crippen LogP contribution in [0.4, 0.5) is 62.8 Å². The van der Waals surface area contributed by atoms with E-state index in [1.165, 1.54) is 109 Å². The number of anilines is 4. The van der Waals surface area contributed by atoms with Crippen molar-refractivity contribution in [2.24, 2.45) is 5.73 Å². The highest BCUT2D eigenvalue weighted by molar-refractivity contribution is 14.1. The van der Waals surface area contributed by atoms with E-state index in [0.29, 0.717) is 111 Å². The molecule has 17 N–H and O–H groups in total. The number of halogens is 13. The van der Waals surface area contributed by atoms with Gasteiger partial charge in [0, 0.05) is 74.8 Å². The molecular formula is C107H114BrF9I3N17O8. The van der Waals surface area contributed by atoms with Crippen molar-refractivity contribution < 1.29 is 78.7 Å². The summed E-state index contributed by atoms with van der Waals surface area (Å²) in [6.45, 7) is 5.96. The van der Waals surface area contributed by atoms with Crippen molar-refractivity contribution >= 4 is 131 Å². The average molecular weight is 2400 g/mol. The summed E-state index contributed by atoms with van der Waals surface area (Å²) < 4.78 is 139. The number of ether oxygens (including phenoxy) is 1. The molecular weight excluding hydrogens is 2280 g/mol. The van der Waals surface area contributed by atoms with Gasteiger partial charge in [0.15, 0.2) is 0 Å². The maximum atomic E-state index is 15.1. The van der Waals surface area contributed by atoms with Crippen LogP contribution in [0.5, 0.6) is 0 Å². The number of aliphatic hydroxyl groups is 3. The normalized spacial score (nSPS) is 19.6. The number of nitrogens with one attached hydrogen (secondary N) is 4. The van der Waals surface area contributed by atoms with Gasteiger partial charge >= 0.3 is 0 Å². The molecule has 145 heavy (non-hydrogen) atoms. The zero-order chi connectivity index (χ0) is 104. The molecule has 10 atom stereocenters. The fourth-order valence-corrected chi connectivity index (χ4v) is 20.9. The van der Waals surface area contributed by atoms with E-state index < -0.39 is 107 Å². The van der Waals surface area contributed by atoms with Gasteiger partial charge in [-0.2, -0.15) is 0 Å². The number of nitrogens with zero attached hydrogens (tertiary/aromatic N) is 8. The zero-order valence-corrected chi connectivity index (χ0v) is 88.0. The molecule has 4 saturated carbocycles. The highest BCUT2D eigenvalue weighted by Gasteiger charge is 2.36. The molecule has 0 spiro atoms. The molecule has 4 heterocycles. The highest BCUT2D eigenvalue weighted by atomic mass is 127. The topological polar surface area (TPSA) is 420 Å². The summed E-state index contributed by atoms with van der Waals surface area (Å²) in [5.74, 6) is -6.02. The molecule has 0 radical (unpaired) electrons. The summed E-state index contributed by atoms with van der Waals surface area (Å²) >= 11 is 9.47. The Morgan fingerprint density at radius 1 is 0.393 bits per heavy atom.